The number of alkyl halides is 2. The van der Waals surface area contributed by atoms with Crippen LogP contribution < -0.4 is 0 Å². The van der Waals surface area contributed by atoms with Crippen LogP contribution in [0.3, 0.4) is 0 Å². The van der Waals surface area contributed by atoms with Gasteiger partial charge in [0.05, 0.1) is 5.69 Å². The quantitative estimate of drug-likeness (QED) is 0.802. The van der Waals surface area contributed by atoms with E-state index in [1.165, 1.54) is 18.3 Å². The molecule has 0 aliphatic heterocycles. The fraction of sp³-hybridized carbons (Fsp3) is 0.133. The third-order valence-electron chi connectivity index (χ3n) is 3.05. The second kappa shape index (κ2) is 5.61. The number of benzene rings is 1. The summed E-state index contributed by atoms with van der Waals surface area (Å²) in [5.74, 6) is -4.66. The highest BCUT2D eigenvalue weighted by Gasteiger charge is 2.47. The average molecular weight is 303 g/mol. The zero-order valence-electron chi connectivity index (χ0n) is 11.2. The molecule has 3 rings (SSSR count). The summed E-state index contributed by atoms with van der Waals surface area (Å²) in [6, 6.07) is 12.9. The minimum absolute atomic E-state index is 0.0310. The minimum Gasteiger partial charge on any atom is -0.380 e. The van der Waals surface area contributed by atoms with Crippen LogP contribution in [-0.2, 0) is 5.92 Å². The van der Waals surface area contributed by atoms with Crippen molar-refractivity contribution in [2.45, 2.75) is 12.0 Å². The van der Waals surface area contributed by atoms with Gasteiger partial charge >= 0.3 is 11.8 Å². The summed E-state index contributed by atoms with van der Waals surface area (Å²) >= 11 is 0. The SMILES string of the molecule is OC(c1ccccn1)C(F)(F)c1nc(-c2ccccc2)no1. The number of rotatable bonds is 4. The van der Waals surface area contributed by atoms with E-state index in [4.69, 9.17) is 0 Å². The lowest BCUT2D eigenvalue weighted by Crippen LogP contribution is -2.25. The molecule has 22 heavy (non-hydrogen) atoms. The van der Waals surface area contributed by atoms with Gasteiger partial charge in [-0.2, -0.15) is 13.8 Å². The van der Waals surface area contributed by atoms with E-state index in [0.717, 1.165) is 0 Å². The van der Waals surface area contributed by atoms with Crippen molar-refractivity contribution < 1.29 is 18.4 Å². The van der Waals surface area contributed by atoms with Crippen molar-refractivity contribution in [3.8, 4) is 11.4 Å². The number of hydrogen-bond acceptors (Lipinski definition) is 5. The molecule has 7 heteroatoms. The Morgan fingerprint density at radius 3 is 2.45 bits per heavy atom. The van der Waals surface area contributed by atoms with Gasteiger partial charge in [-0.25, -0.2) is 0 Å². The second-order valence-electron chi connectivity index (χ2n) is 4.57. The predicted molar refractivity (Wildman–Crippen MR) is 72.8 cm³/mol. The van der Waals surface area contributed by atoms with Crippen LogP contribution >= 0.6 is 0 Å². The highest BCUT2D eigenvalue weighted by molar-refractivity contribution is 5.53. The van der Waals surface area contributed by atoms with Crippen molar-refractivity contribution in [3.05, 3.63) is 66.3 Å². The Morgan fingerprint density at radius 1 is 1.05 bits per heavy atom. The molecule has 1 atom stereocenters. The Hall–Kier alpha value is -2.67. The van der Waals surface area contributed by atoms with E-state index in [1.54, 1.807) is 36.4 Å². The Kier molecular flexibility index (Phi) is 3.64. The van der Waals surface area contributed by atoms with Crippen LogP contribution in [0.15, 0.2) is 59.3 Å². The molecule has 5 nitrogen and oxygen atoms in total. The van der Waals surface area contributed by atoms with Crippen LogP contribution in [0.4, 0.5) is 8.78 Å². The summed E-state index contributed by atoms with van der Waals surface area (Å²) in [6.45, 7) is 0. The van der Waals surface area contributed by atoms with Gasteiger partial charge in [-0.1, -0.05) is 41.6 Å². The first-order valence-corrected chi connectivity index (χ1v) is 6.45. The Balaban J connectivity index is 1.91. The maximum Gasteiger partial charge on any atom is 0.355 e. The largest absolute Gasteiger partial charge is 0.380 e. The minimum atomic E-state index is -3.74. The highest BCUT2D eigenvalue weighted by atomic mass is 19.3. The van der Waals surface area contributed by atoms with E-state index in [2.05, 4.69) is 19.6 Å². The number of nitrogens with zero attached hydrogens (tertiary/aromatic N) is 3. The smallest absolute Gasteiger partial charge is 0.355 e. The van der Waals surface area contributed by atoms with Gasteiger partial charge in [0, 0.05) is 11.8 Å². The number of halogens is 2. The fourth-order valence-electron chi connectivity index (χ4n) is 1.90. The lowest BCUT2D eigenvalue weighted by Gasteiger charge is -2.17. The van der Waals surface area contributed by atoms with E-state index >= 15 is 0 Å². The van der Waals surface area contributed by atoms with E-state index < -0.39 is 17.9 Å². The van der Waals surface area contributed by atoms with Crippen molar-refractivity contribution in [3.63, 3.8) is 0 Å². The first-order valence-electron chi connectivity index (χ1n) is 6.45. The Morgan fingerprint density at radius 2 is 1.77 bits per heavy atom. The summed E-state index contributed by atoms with van der Waals surface area (Å²) in [6.07, 6.45) is -0.851. The maximum absolute atomic E-state index is 14.3. The number of aromatic nitrogens is 3. The summed E-state index contributed by atoms with van der Waals surface area (Å²) in [5, 5.41) is 13.4. The van der Waals surface area contributed by atoms with Gasteiger partial charge in [0.1, 0.15) is 0 Å². The standard InChI is InChI=1S/C15H11F2N3O2/c16-15(17,12(21)11-8-4-5-9-18-11)14-19-13(20-22-14)10-6-2-1-3-7-10/h1-9,12,21H. The first-order chi connectivity index (χ1) is 10.6. The molecule has 0 fully saturated rings. The van der Waals surface area contributed by atoms with Crippen molar-refractivity contribution in [1.29, 1.82) is 0 Å². The van der Waals surface area contributed by atoms with Gasteiger partial charge in [0.2, 0.25) is 5.82 Å². The fourth-order valence-corrected chi connectivity index (χ4v) is 1.90. The molecule has 0 amide bonds. The molecule has 1 aromatic carbocycles. The van der Waals surface area contributed by atoms with Gasteiger partial charge in [-0.3, -0.25) is 4.98 Å². The van der Waals surface area contributed by atoms with Crippen molar-refractivity contribution in [2.75, 3.05) is 0 Å². The molecule has 2 heterocycles. The van der Waals surface area contributed by atoms with Crippen LogP contribution in [0.1, 0.15) is 17.7 Å². The molecular weight excluding hydrogens is 292 g/mol. The average Bonchev–Trinajstić information content (AvgIpc) is 3.06. The molecule has 0 aliphatic rings. The molecule has 0 radical (unpaired) electrons. The highest BCUT2D eigenvalue weighted by Crippen LogP contribution is 2.39. The zero-order valence-corrected chi connectivity index (χ0v) is 11.2. The monoisotopic (exact) mass is 303 g/mol. The lowest BCUT2D eigenvalue weighted by atomic mass is 10.1. The van der Waals surface area contributed by atoms with Crippen LogP contribution in [0, 0.1) is 0 Å². The van der Waals surface area contributed by atoms with Gasteiger partial charge in [-0.15, -0.1) is 0 Å². The number of hydrogen-bond donors (Lipinski definition) is 1. The molecule has 2 aromatic heterocycles. The van der Waals surface area contributed by atoms with Crippen LogP contribution in [-0.4, -0.2) is 20.2 Å². The van der Waals surface area contributed by atoms with Gasteiger partial charge in [0.15, 0.2) is 6.10 Å². The lowest BCUT2D eigenvalue weighted by molar-refractivity contribution is -0.138. The van der Waals surface area contributed by atoms with Crippen LogP contribution in [0.2, 0.25) is 0 Å². The van der Waals surface area contributed by atoms with Crippen LogP contribution in [0.5, 0.6) is 0 Å². The summed E-state index contributed by atoms with van der Waals surface area (Å²) in [5.41, 5.74) is 0.368. The van der Waals surface area contributed by atoms with Gasteiger partial charge < -0.3 is 9.63 Å². The van der Waals surface area contributed by atoms with Crippen LogP contribution in [0.25, 0.3) is 11.4 Å². The van der Waals surface area contributed by atoms with Crippen molar-refractivity contribution >= 4 is 0 Å². The predicted octanol–water partition coefficient (Wildman–Crippen LogP) is 2.96. The normalized spacial score (nSPS) is 13.0. The van der Waals surface area contributed by atoms with Crippen molar-refractivity contribution in [1.82, 2.24) is 15.1 Å². The Bertz CT molecular complexity index is 748. The molecule has 0 aliphatic carbocycles. The summed E-state index contributed by atoms with van der Waals surface area (Å²) in [7, 11) is 0. The topological polar surface area (TPSA) is 72.0 Å². The molecule has 3 aromatic rings. The van der Waals surface area contributed by atoms with Gasteiger partial charge in [0.25, 0.3) is 0 Å². The molecule has 112 valence electrons. The summed E-state index contributed by atoms with van der Waals surface area (Å²) < 4.78 is 33.2. The number of aliphatic hydroxyl groups excluding tert-OH is 1. The number of aliphatic hydroxyl groups is 1. The third-order valence-corrected chi connectivity index (χ3v) is 3.05. The van der Waals surface area contributed by atoms with Crippen molar-refractivity contribution in [2.24, 2.45) is 0 Å². The Labute approximate surface area is 124 Å². The van der Waals surface area contributed by atoms with E-state index in [9.17, 15) is 13.9 Å². The molecule has 1 unspecified atom stereocenters. The molecular formula is C15H11F2N3O2. The summed E-state index contributed by atoms with van der Waals surface area (Å²) in [4.78, 5) is 7.40. The second-order valence-corrected chi connectivity index (χ2v) is 4.57. The maximum atomic E-state index is 14.3. The molecule has 0 saturated carbocycles. The van der Waals surface area contributed by atoms with E-state index in [-0.39, 0.29) is 11.5 Å². The molecule has 0 saturated heterocycles. The third kappa shape index (κ3) is 2.58. The van der Waals surface area contributed by atoms with E-state index in [1.807, 2.05) is 0 Å². The van der Waals surface area contributed by atoms with Gasteiger partial charge in [-0.05, 0) is 12.1 Å². The molecule has 0 bridgehead atoms. The first kappa shape index (κ1) is 14.3. The zero-order chi connectivity index (χ0) is 15.6. The number of pyridine rings is 1. The molecule has 1 N–H and O–H groups in total. The molecule has 0 spiro atoms. The van der Waals surface area contributed by atoms with E-state index in [0.29, 0.717) is 5.56 Å².